The van der Waals surface area contributed by atoms with Gasteiger partial charge in [0.15, 0.2) is 5.82 Å². The smallest absolute Gasteiger partial charge is 0.178 e. The summed E-state index contributed by atoms with van der Waals surface area (Å²) in [6, 6.07) is 4.36. The number of hydrogen-bond acceptors (Lipinski definition) is 5. The molecular weight excluding hydrogens is 230 g/mol. The molecule has 6 heteroatoms. The van der Waals surface area contributed by atoms with Gasteiger partial charge in [-0.15, -0.1) is 0 Å². The van der Waals surface area contributed by atoms with E-state index in [1.165, 1.54) is 6.33 Å². The average Bonchev–Trinajstić information content (AvgIpc) is 2.87. The monoisotopic (exact) mass is 245 g/mol. The number of methoxy groups -OCH3 is 1. The van der Waals surface area contributed by atoms with Gasteiger partial charge in [0.05, 0.1) is 11.8 Å². The van der Waals surface area contributed by atoms with Crippen molar-refractivity contribution < 1.29 is 4.74 Å². The second-order valence-electron chi connectivity index (χ2n) is 4.38. The van der Waals surface area contributed by atoms with Gasteiger partial charge in [-0.25, -0.2) is 14.6 Å². The fraction of sp³-hybridized carbons (Fsp3) is 0.417. The van der Waals surface area contributed by atoms with Crippen LogP contribution in [0.1, 0.15) is 12.8 Å². The molecule has 3 rings (SSSR count). The number of hydrogen-bond donors (Lipinski definition) is 1. The molecule has 94 valence electrons. The predicted octanol–water partition coefficient (Wildman–Crippen LogP) is 1.25. The number of pyridine rings is 1. The molecule has 0 aromatic carbocycles. The van der Waals surface area contributed by atoms with Gasteiger partial charge >= 0.3 is 0 Å². The fourth-order valence-corrected chi connectivity index (χ4v) is 2.11. The molecule has 6 nitrogen and oxygen atoms in total. The van der Waals surface area contributed by atoms with E-state index < -0.39 is 0 Å². The zero-order chi connectivity index (χ0) is 12.4. The van der Waals surface area contributed by atoms with Crippen LogP contribution in [0.4, 0.5) is 5.69 Å². The molecule has 0 spiro atoms. The molecule has 0 unspecified atom stereocenters. The van der Waals surface area contributed by atoms with Crippen molar-refractivity contribution in [2.24, 2.45) is 0 Å². The summed E-state index contributed by atoms with van der Waals surface area (Å²) in [7, 11) is 1.76. The third kappa shape index (κ3) is 2.06. The molecule has 2 aromatic rings. The van der Waals surface area contributed by atoms with Crippen molar-refractivity contribution in [1.29, 1.82) is 0 Å². The first kappa shape index (κ1) is 11.2. The molecular formula is C12H15N5O. The standard InChI is InChI=1S/C12H15N5O/c1-18-10-5-9(6-10)16-11-3-2-4-14-12(11)17-8-13-7-15-17/h2-4,7-10,16H,5-6H2,1H3. The molecule has 0 aliphatic heterocycles. The SMILES string of the molecule is COC1CC(Nc2cccnc2-n2cncn2)C1. The van der Waals surface area contributed by atoms with Crippen LogP contribution in [0.25, 0.3) is 5.82 Å². The maximum Gasteiger partial charge on any atom is 0.178 e. The maximum atomic E-state index is 5.27. The minimum absolute atomic E-state index is 0.383. The van der Waals surface area contributed by atoms with Crippen molar-refractivity contribution in [3.05, 3.63) is 31.0 Å². The van der Waals surface area contributed by atoms with Gasteiger partial charge in [-0.1, -0.05) is 0 Å². The van der Waals surface area contributed by atoms with Crippen LogP contribution in [0, 0.1) is 0 Å². The van der Waals surface area contributed by atoms with E-state index in [9.17, 15) is 0 Å². The Morgan fingerprint density at radius 2 is 2.33 bits per heavy atom. The van der Waals surface area contributed by atoms with Crippen LogP contribution in [0.2, 0.25) is 0 Å². The predicted molar refractivity (Wildman–Crippen MR) is 66.6 cm³/mol. The summed E-state index contributed by atoms with van der Waals surface area (Å²) < 4.78 is 6.93. The molecule has 1 aliphatic rings. The normalized spacial score (nSPS) is 22.5. The van der Waals surface area contributed by atoms with E-state index in [2.05, 4.69) is 20.4 Å². The number of nitrogens with one attached hydrogen (secondary N) is 1. The van der Waals surface area contributed by atoms with Crippen molar-refractivity contribution in [3.8, 4) is 5.82 Å². The van der Waals surface area contributed by atoms with Crippen LogP contribution >= 0.6 is 0 Å². The molecule has 1 saturated carbocycles. The molecule has 0 amide bonds. The molecule has 0 saturated heterocycles. The van der Waals surface area contributed by atoms with Gasteiger partial charge in [0, 0.05) is 19.3 Å². The highest BCUT2D eigenvalue weighted by Crippen LogP contribution is 2.27. The molecule has 2 aromatic heterocycles. The molecule has 1 fully saturated rings. The first-order chi connectivity index (χ1) is 8.86. The minimum atomic E-state index is 0.383. The molecule has 18 heavy (non-hydrogen) atoms. The Kier molecular flexibility index (Phi) is 2.93. The van der Waals surface area contributed by atoms with Gasteiger partial charge in [-0.2, -0.15) is 5.10 Å². The van der Waals surface area contributed by atoms with Crippen LogP contribution in [-0.2, 0) is 4.74 Å². The van der Waals surface area contributed by atoms with E-state index in [-0.39, 0.29) is 0 Å². The number of nitrogens with zero attached hydrogens (tertiary/aromatic N) is 4. The number of rotatable bonds is 4. The van der Waals surface area contributed by atoms with E-state index in [0.29, 0.717) is 12.1 Å². The molecule has 0 atom stereocenters. The zero-order valence-electron chi connectivity index (χ0n) is 10.2. The van der Waals surface area contributed by atoms with Crippen LogP contribution in [0.3, 0.4) is 0 Å². The molecule has 2 heterocycles. The quantitative estimate of drug-likeness (QED) is 0.878. The van der Waals surface area contributed by atoms with E-state index >= 15 is 0 Å². The van der Waals surface area contributed by atoms with Gasteiger partial charge < -0.3 is 10.1 Å². The number of ether oxygens (including phenoxy) is 1. The average molecular weight is 245 g/mol. The summed E-state index contributed by atoms with van der Waals surface area (Å²) in [4.78, 5) is 8.28. The molecule has 0 radical (unpaired) electrons. The van der Waals surface area contributed by atoms with Gasteiger partial charge in [-0.3, -0.25) is 0 Å². The van der Waals surface area contributed by atoms with Crippen molar-refractivity contribution in [2.75, 3.05) is 12.4 Å². The molecule has 1 aliphatic carbocycles. The van der Waals surface area contributed by atoms with E-state index in [1.807, 2.05) is 12.1 Å². The summed E-state index contributed by atoms with van der Waals surface area (Å²) in [6.07, 6.45) is 7.34. The largest absolute Gasteiger partial charge is 0.381 e. The number of aromatic nitrogens is 4. The Balaban J connectivity index is 1.76. The summed E-state index contributed by atoms with van der Waals surface area (Å²) in [5.74, 6) is 0.774. The summed E-state index contributed by atoms with van der Waals surface area (Å²) >= 11 is 0. The van der Waals surface area contributed by atoms with Gasteiger partial charge in [0.25, 0.3) is 0 Å². The zero-order valence-corrected chi connectivity index (χ0v) is 10.2. The maximum absolute atomic E-state index is 5.27. The summed E-state index contributed by atoms with van der Waals surface area (Å²) in [5.41, 5.74) is 0.975. The van der Waals surface area contributed by atoms with Gasteiger partial charge in [-0.05, 0) is 25.0 Å². The van der Waals surface area contributed by atoms with Crippen LogP contribution in [-0.4, -0.2) is 39.0 Å². The Bertz CT molecular complexity index is 507. The topological polar surface area (TPSA) is 64.9 Å². The minimum Gasteiger partial charge on any atom is -0.381 e. The van der Waals surface area contributed by atoms with E-state index in [4.69, 9.17) is 4.74 Å². The van der Waals surface area contributed by atoms with Crippen molar-refractivity contribution in [1.82, 2.24) is 19.7 Å². The highest BCUT2D eigenvalue weighted by molar-refractivity contribution is 5.56. The van der Waals surface area contributed by atoms with Crippen LogP contribution in [0.5, 0.6) is 0 Å². The van der Waals surface area contributed by atoms with Gasteiger partial charge in [0.1, 0.15) is 12.7 Å². The fourth-order valence-electron chi connectivity index (χ4n) is 2.11. The summed E-state index contributed by atoms with van der Waals surface area (Å²) in [5, 5.41) is 7.58. The lowest BCUT2D eigenvalue weighted by Crippen LogP contribution is -2.40. The second kappa shape index (κ2) is 4.73. The third-order valence-corrected chi connectivity index (χ3v) is 3.21. The van der Waals surface area contributed by atoms with E-state index in [0.717, 1.165) is 24.3 Å². The van der Waals surface area contributed by atoms with Gasteiger partial charge in [0.2, 0.25) is 0 Å². The lowest BCUT2D eigenvalue weighted by Gasteiger charge is -2.35. The third-order valence-electron chi connectivity index (χ3n) is 3.21. The molecule has 1 N–H and O–H groups in total. The molecule has 0 bridgehead atoms. The Morgan fingerprint density at radius 3 is 3.06 bits per heavy atom. The highest BCUT2D eigenvalue weighted by Gasteiger charge is 2.29. The van der Waals surface area contributed by atoms with E-state index in [1.54, 1.807) is 24.3 Å². The first-order valence-corrected chi connectivity index (χ1v) is 5.96. The lowest BCUT2D eigenvalue weighted by molar-refractivity contribution is 0.0328. The Hall–Kier alpha value is -1.95. The second-order valence-corrected chi connectivity index (χ2v) is 4.38. The van der Waals surface area contributed by atoms with Crippen molar-refractivity contribution >= 4 is 5.69 Å². The van der Waals surface area contributed by atoms with Crippen LogP contribution < -0.4 is 5.32 Å². The summed E-state index contributed by atoms with van der Waals surface area (Å²) in [6.45, 7) is 0. The number of anilines is 1. The van der Waals surface area contributed by atoms with Crippen LogP contribution in [0.15, 0.2) is 31.0 Å². The Morgan fingerprint density at radius 1 is 1.44 bits per heavy atom. The van der Waals surface area contributed by atoms with Crippen molar-refractivity contribution in [3.63, 3.8) is 0 Å². The lowest BCUT2D eigenvalue weighted by atomic mass is 9.89. The van der Waals surface area contributed by atoms with Crippen molar-refractivity contribution in [2.45, 2.75) is 25.0 Å². The highest BCUT2D eigenvalue weighted by atomic mass is 16.5. The first-order valence-electron chi connectivity index (χ1n) is 5.96. The Labute approximate surface area is 105 Å².